The number of hydrogen-bond donors (Lipinski definition) is 0. The molecular formula is C14H24O6. The molecule has 0 rings (SSSR count). The lowest BCUT2D eigenvalue weighted by Gasteiger charge is -2.03. The monoisotopic (exact) mass is 288 g/mol. The summed E-state index contributed by atoms with van der Waals surface area (Å²) in [5, 5.41) is 0. The number of esters is 2. The lowest BCUT2D eigenvalue weighted by atomic mass is 10.5. The van der Waals surface area contributed by atoms with Crippen LogP contribution in [0.5, 0.6) is 0 Å². The molecule has 0 aromatic rings. The molecule has 0 heterocycles. The van der Waals surface area contributed by atoms with Crippen molar-refractivity contribution in [3.63, 3.8) is 0 Å². The van der Waals surface area contributed by atoms with E-state index in [-0.39, 0.29) is 13.2 Å². The van der Waals surface area contributed by atoms with E-state index >= 15 is 0 Å². The van der Waals surface area contributed by atoms with Gasteiger partial charge in [0.05, 0.1) is 13.2 Å². The first kappa shape index (κ1) is 18.6. The molecule has 0 saturated carbocycles. The largest absolute Gasteiger partial charge is 0.460 e. The predicted octanol–water partition coefficient (Wildman–Crippen LogP) is 1.48. The lowest BCUT2D eigenvalue weighted by Crippen LogP contribution is -2.11. The molecule has 0 radical (unpaired) electrons. The van der Waals surface area contributed by atoms with Gasteiger partial charge in [-0.1, -0.05) is 13.8 Å². The topological polar surface area (TPSA) is 71.1 Å². The summed E-state index contributed by atoms with van der Waals surface area (Å²) in [5.74, 6) is -1.19. The van der Waals surface area contributed by atoms with Crippen LogP contribution in [0.3, 0.4) is 0 Å². The van der Waals surface area contributed by atoms with E-state index in [1.54, 1.807) is 0 Å². The Bertz CT molecular complexity index is 259. The van der Waals surface area contributed by atoms with Gasteiger partial charge in [0.1, 0.15) is 13.2 Å². The van der Waals surface area contributed by atoms with Crippen molar-refractivity contribution in [2.75, 3.05) is 39.6 Å². The number of ether oxygens (including phenoxy) is 4. The molecule has 0 aliphatic carbocycles. The SMILES string of the molecule is CCCOCCOC(=O)/C=C/C(=O)OCCOCCC. The second kappa shape index (κ2) is 14.0. The van der Waals surface area contributed by atoms with Crippen molar-refractivity contribution in [2.45, 2.75) is 26.7 Å². The predicted molar refractivity (Wildman–Crippen MR) is 73.3 cm³/mol. The molecule has 0 aliphatic heterocycles. The Labute approximate surface area is 120 Å². The Balaban J connectivity index is 3.54. The van der Waals surface area contributed by atoms with Crippen molar-refractivity contribution >= 4 is 11.9 Å². The highest BCUT2D eigenvalue weighted by Gasteiger charge is 2.01. The summed E-state index contributed by atoms with van der Waals surface area (Å²) < 4.78 is 19.9. The van der Waals surface area contributed by atoms with E-state index in [9.17, 15) is 9.59 Å². The first-order valence-corrected chi connectivity index (χ1v) is 6.87. The Morgan fingerprint density at radius 1 is 0.700 bits per heavy atom. The van der Waals surface area contributed by atoms with Crippen LogP contribution >= 0.6 is 0 Å². The Morgan fingerprint density at radius 2 is 1.10 bits per heavy atom. The van der Waals surface area contributed by atoms with E-state index in [4.69, 9.17) is 18.9 Å². The van der Waals surface area contributed by atoms with Gasteiger partial charge in [0.25, 0.3) is 0 Å². The van der Waals surface area contributed by atoms with Crippen LogP contribution in [-0.4, -0.2) is 51.6 Å². The van der Waals surface area contributed by atoms with E-state index in [1.165, 1.54) is 0 Å². The van der Waals surface area contributed by atoms with E-state index in [0.717, 1.165) is 25.0 Å². The summed E-state index contributed by atoms with van der Waals surface area (Å²) in [7, 11) is 0. The maximum absolute atomic E-state index is 11.2. The van der Waals surface area contributed by atoms with E-state index in [2.05, 4.69) is 0 Å². The van der Waals surface area contributed by atoms with Gasteiger partial charge in [0, 0.05) is 25.4 Å². The van der Waals surface area contributed by atoms with Crippen LogP contribution in [0, 0.1) is 0 Å². The van der Waals surface area contributed by atoms with Crippen molar-refractivity contribution in [1.82, 2.24) is 0 Å². The first-order valence-electron chi connectivity index (χ1n) is 6.87. The smallest absolute Gasteiger partial charge is 0.331 e. The highest BCUT2D eigenvalue weighted by Crippen LogP contribution is 1.88. The first-order chi connectivity index (χ1) is 9.70. The molecule has 0 N–H and O–H groups in total. The van der Waals surface area contributed by atoms with Gasteiger partial charge < -0.3 is 18.9 Å². The fourth-order valence-corrected chi connectivity index (χ4v) is 1.13. The Kier molecular flexibility index (Phi) is 13.0. The average molecular weight is 288 g/mol. The molecule has 0 amide bonds. The minimum Gasteiger partial charge on any atom is -0.460 e. The molecule has 0 bridgehead atoms. The Morgan fingerprint density at radius 3 is 1.45 bits per heavy atom. The van der Waals surface area contributed by atoms with Gasteiger partial charge in [-0.15, -0.1) is 0 Å². The maximum Gasteiger partial charge on any atom is 0.331 e. The van der Waals surface area contributed by atoms with E-state index < -0.39 is 11.9 Å². The molecule has 6 heteroatoms. The highest BCUT2D eigenvalue weighted by molar-refractivity contribution is 5.91. The average Bonchev–Trinajstić information content (AvgIpc) is 2.44. The Hall–Kier alpha value is -1.40. The van der Waals surface area contributed by atoms with Crippen LogP contribution < -0.4 is 0 Å². The van der Waals surface area contributed by atoms with Gasteiger partial charge in [-0.3, -0.25) is 0 Å². The number of hydrogen-bond acceptors (Lipinski definition) is 6. The highest BCUT2D eigenvalue weighted by atomic mass is 16.6. The molecule has 0 atom stereocenters. The molecule has 116 valence electrons. The molecule has 20 heavy (non-hydrogen) atoms. The summed E-state index contributed by atoms with van der Waals surface area (Å²) in [5.41, 5.74) is 0. The normalized spacial score (nSPS) is 10.7. The van der Waals surface area contributed by atoms with Crippen LogP contribution in [0.25, 0.3) is 0 Å². The maximum atomic E-state index is 11.2. The van der Waals surface area contributed by atoms with Crippen molar-refractivity contribution in [1.29, 1.82) is 0 Å². The minimum absolute atomic E-state index is 0.170. The van der Waals surface area contributed by atoms with Gasteiger partial charge >= 0.3 is 11.9 Å². The zero-order valence-corrected chi connectivity index (χ0v) is 12.3. The second-order valence-electron chi connectivity index (χ2n) is 3.89. The van der Waals surface area contributed by atoms with Crippen molar-refractivity contribution < 1.29 is 28.5 Å². The standard InChI is InChI=1S/C14H24O6/c1-3-7-17-9-11-19-13(15)5-6-14(16)20-12-10-18-8-4-2/h5-6H,3-4,7-12H2,1-2H3/b6-5+. The van der Waals surface area contributed by atoms with Crippen LogP contribution in [-0.2, 0) is 28.5 Å². The fourth-order valence-electron chi connectivity index (χ4n) is 1.13. The third-order valence-corrected chi connectivity index (χ3v) is 2.00. The molecule has 0 unspecified atom stereocenters. The van der Waals surface area contributed by atoms with Crippen molar-refractivity contribution in [3.05, 3.63) is 12.2 Å². The van der Waals surface area contributed by atoms with E-state index in [1.807, 2.05) is 13.8 Å². The molecule has 0 saturated heterocycles. The van der Waals surface area contributed by atoms with Crippen LogP contribution in [0.15, 0.2) is 12.2 Å². The quantitative estimate of drug-likeness (QED) is 0.308. The summed E-state index contributed by atoms with van der Waals surface area (Å²) in [6, 6.07) is 0. The molecular weight excluding hydrogens is 264 g/mol. The summed E-state index contributed by atoms with van der Waals surface area (Å²) in [6.45, 7) is 6.31. The number of carbonyl (C=O) groups is 2. The van der Waals surface area contributed by atoms with Gasteiger partial charge in [-0.2, -0.15) is 0 Å². The summed E-state index contributed by atoms with van der Waals surface area (Å²) >= 11 is 0. The molecule has 0 spiro atoms. The van der Waals surface area contributed by atoms with Crippen LogP contribution in [0.2, 0.25) is 0 Å². The van der Waals surface area contributed by atoms with Crippen molar-refractivity contribution in [2.24, 2.45) is 0 Å². The van der Waals surface area contributed by atoms with Gasteiger partial charge in [-0.25, -0.2) is 9.59 Å². The van der Waals surface area contributed by atoms with Gasteiger partial charge in [0.2, 0.25) is 0 Å². The zero-order valence-electron chi connectivity index (χ0n) is 12.3. The van der Waals surface area contributed by atoms with Crippen LogP contribution in [0.1, 0.15) is 26.7 Å². The minimum atomic E-state index is -0.593. The van der Waals surface area contributed by atoms with E-state index in [0.29, 0.717) is 26.4 Å². The molecule has 0 aromatic carbocycles. The number of carbonyl (C=O) groups excluding carboxylic acids is 2. The van der Waals surface area contributed by atoms with Gasteiger partial charge in [-0.05, 0) is 12.8 Å². The van der Waals surface area contributed by atoms with Crippen LogP contribution in [0.4, 0.5) is 0 Å². The zero-order chi connectivity index (χ0) is 15.1. The molecule has 0 aromatic heterocycles. The molecule has 0 aliphatic rings. The second-order valence-corrected chi connectivity index (χ2v) is 3.89. The van der Waals surface area contributed by atoms with Gasteiger partial charge in [0.15, 0.2) is 0 Å². The third kappa shape index (κ3) is 13.0. The molecule has 6 nitrogen and oxygen atoms in total. The molecule has 0 fully saturated rings. The lowest BCUT2D eigenvalue weighted by molar-refractivity contribution is -0.142. The number of rotatable bonds is 12. The summed E-state index contributed by atoms with van der Waals surface area (Å²) in [4.78, 5) is 22.4. The third-order valence-electron chi connectivity index (χ3n) is 2.00. The summed E-state index contributed by atoms with van der Waals surface area (Å²) in [6.07, 6.45) is 3.91. The fraction of sp³-hybridized carbons (Fsp3) is 0.714. The van der Waals surface area contributed by atoms with Crippen molar-refractivity contribution in [3.8, 4) is 0 Å².